The first-order valence-corrected chi connectivity index (χ1v) is 3.98. The third-order valence-electron chi connectivity index (χ3n) is 1.62. The van der Waals surface area contributed by atoms with Gasteiger partial charge in [-0.25, -0.2) is 0 Å². The van der Waals surface area contributed by atoms with Crippen molar-refractivity contribution in [3.8, 4) is 0 Å². The average molecular weight is 145 g/mol. The molecule has 1 aliphatic rings. The second-order valence-electron chi connectivity index (χ2n) is 2.59. The average Bonchev–Trinajstić information content (AvgIpc) is 2.40. The minimum absolute atomic E-state index is 0.819. The van der Waals surface area contributed by atoms with Crippen molar-refractivity contribution < 1.29 is 4.74 Å². The Morgan fingerprint density at radius 2 is 1.70 bits per heavy atom. The maximum absolute atomic E-state index is 4.54. The van der Waals surface area contributed by atoms with Crippen LogP contribution in [0, 0.1) is 0 Å². The lowest BCUT2D eigenvalue weighted by Gasteiger charge is -2.01. The smallest absolute Gasteiger partial charge is 0.0433 e. The van der Waals surface area contributed by atoms with E-state index in [4.69, 9.17) is 0 Å². The van der Waals surface area contributed by atoms with Crippen LogP contribution in [-0.4, -0.2) is 38.8 Å². The van der Waals surface area contributed by atoms with E-state index in [0.29, 0.717) is 0 Å². The van der Waals surface area contributed by atoms with E-state index in [1.165, 1.54) is 25.9 Å². The van der Waals surface area contributed by atoms with Gasteiger partial charge in [-0.15, -0.1) is 0 Å². The van der Waals surface area contributed by atoms with Crippen molar-refractivity contribution in [2.75, 3.05) is 33.9 Å². The van der Waals surface area contributed by atoms with Crippen molar-refractivity contribution in [3.63, 3.8) is 0 Å². The highest BCUT2D eigenvalue weighted by atomic mass is 16.5. The molecule has 1 fully saturated rings. The van der Waals surface area contributed by atoms with E-state index >= 15 is 0 Å². The number of hydrogen-bond donors (Lipinski definition) is 0. The molecule has 0 saturated carbocycles. The first-order valence-electron chi connectivity index (χ1n) is 3.98. The van der Waals surface area contributed by atoms with Gasteiger partial charge >= 0.3 is 0 Å². The number of hydrogen-bond acceptors (Lipinski definition) is 2. The molecular formula is C8H19NO. The third-order valence-corrected chi connectivity index (χ3v) is 1.62. The third kappa shape index (κ3) is 6.05. The van der Waals surface area contributed by atoms with Crippen LogP contribution in [0.2, 0.25) is 0 Å². The molecule has 1 aliphatic heterocycles. The minimum Gasteiger partial charge on any atom is -0.385 e. The summed E-state index contributed by atoms with van der Waals surface area (Å²) in [5, 5.41) is 0. The molecule has 0 atom stereocenters. The fourth-order valence-electron chi connectivity index (χ4n) is 0.875. The molecule has 0 aromatic heterocycles. The second-order valence-corrected chi connectivity index (χ2v) is 2.59. The minimum atomic E-state index is 0.819. The van der Waals surface area contributed by atoms with Gasteiger partial charge in [-0.1, -0.05) is 0 Å². The van der Waals surface area contributed by atoms with Crippen LogP contribution in [-0.2, 0) is 4.74 Å². The zero-order valence-electron chi connectivity index (χ0n) is 7.39. The fourth-order valence-corrected chi connectivity index (χ4v) is 0.875. The molecule has 0 spiro atoms. The van der Waals surface area contributed by atoms with Crippen LogP contribution in [0.15, 0.2) is 0 Å². The first-order chi connectivity index (χ1) is 4.81. The fraction of sp³-hybridized carbons (Fsp3) is 1.00. The number of nitrogens with zero attached hydrogens (tertiary/aromatic N) is 1. The summed E-state index contributed by atoms with van der Waals surface area (Å²) in [6.07, 6.45) is 2.83. The van der Waals surface area contributed by atoms with Crippen LogP contribution in [0.1, 0.15) is 19.8 Å². The zero-order valence-corrected chi connectivity index (χ0v) is 7.39. The molecule has 0 amide bonds. The van der Waals surface area contributed by atoms with E-state index < -0.39 is 0 Å². The Kier molecular flexibility index (Phi) is 6.98. The molecule has 10 heavy (non-hydrogen) atoms. The molecule has 0 radical (unpaired) electrons. The largest absolute Gasteiger partial charge is 0.385 e. The van der Waals surface area contributed by atoms with Gasteiger partial charge in [0.2, 0.25) is 0 Å². The molecule has 2 heteroatoms. The number of ether oxygens (including phenoxy) is 1. The standard InChI is InChI=1S/C5H11N.C3H8O/c1-6-4-2-3-5-6;1-3-4-2/h2-5H2,1H3;3H2,1-2H3. The van der Waals surface area contributed by atoms with Crippen molar-refractivity contribution in [3.05, 3.63) is 0 Å². The van der Waals surface area contributed by atoms with E-state index in [2.05, 4.69) is 16.7 Å². The maximum atomic E-state index is 4.54. The molecule has 0 bridgehead atoms. The lowest BCUT2D eigenvalue weighted by Crippen LogP contribution is -2.10. The van der Waals surface area contributed by atoms with Gasteiger partial charge in [0, 0.05) is 13.7 Å². The maximum Gasteiger partial charge on any atom is 0.0433 e. The van der Waals surface area contributed by atoms with Gasteiger partial charge in [-0.2, -0.15) is 0 Å². The molecule has 2 nitrogen and oxygen atoms in total. The van der Waals surface area contributed by atoms with Crippen molar-refractivity contribution in [2.24, 2.45) is 0 Å². The summed E-state index contributed by atoms with van der Waals surface area (Å²) in [4.78, 5) is 2.36. The second kappa shape index (κ2) is 7.03. The Balaban J connectivity index is 0.000000180. The lowest BCUT2D eigenvalue weighted by molar-refractivity contribution is 0.215. The van der Waals surface area contributed by atoms with Crippen LogP contribution in [0.5, 0.6) is 0 Å². The number of methoxy groups -OCH3 is 1. The van der Waals surface area contributed by atoms with Gasteiger partial charge in [-0.05, 0) is 39.9 Å². The Morgan fingerprint density at radius 1 is 1.30 bits per heavy atom. The molecule has 1 rings (SSSR count). The topological polar surface area (TPSA) is 12.5 Å². The SMILES string of the molecule is CCOC.CN1CCCC1. The molecule has 62 valence electrons. The number of likely N-dealkylation sites (tertiary alicyclic amines) is 1. The quantitative estimate of drug-likeness (QED) is 0.552. The molecule has 0 N–H and O–H groups in total. The van der Waals surface area contributed by atoms with Crippen LogP contribution in [0.25, 0.3) is 0 Å². The highest BCUT2D eigenvalue weighted by Gasteiger charge is 2.03. The molecule has 1 saturated heterocycles. The van der Waals surface area contributed by atoms with Crippen molar-refractivity contribution in [1.82, 2.24) is 4.90 Å². The normalized spacial score (nSPS) is 18.3. The summed E-state index contributed by atoms with van der Waals surface area (Å²) in [6.45, 7) is 5.42. The van der Waals surface area contributed by atoms with Gasteiger partial charge in [0.25, 0.3) is 0 Å². The Labute approximate surface area is 64.2 Å². The van der Waals surface area contributed by atoms with Gasteiger partial charge < -0.3 is 9.64 Å². The van der Waals surface area contributed by atoms with Crippen molar-refractivity contribution in [1.29, 1.82) is 0 Å². The molecule has 0 aliphatic carbocycles. The highest BCUT2D eigenvalue weighted by molar-refractivity contribution is 4.59. The van der Waals surface area contributed by atoms with Gasteiger partial charge in [-0.3, -0.25) is 0 Å². The monoisotopic (exact) mass is 145 g/mol. The summed E-state index contributed by atoms with van der Waals surface area (Å²) in [7, 11) is 3.85. The van der Waals surface area contributed by atoms with Crippen molar-refractivity contribution in [2.45, 2.75) is 19.8 Å². The van der Waals surface area contributed by atoms with E-state index in [9.17, 15) is 0 Å². The van der Waals surface area contributed by atoms with Crippen LogP contribution < -0.4 is 0 Å². The predicted octanol–water partition coefficient (Wildman–Crippen LogP) is 1.36. The summed E-state index contributed by atoms with van der Waals surface area (Å²) in [5.41, 5.74) is 0. The Hall–Kier alpha value is -0.0800. The van der Waals surface area contributed by atoms with Crippen LogP contribution in [0.3, 0.4) is 0 Å². The van der Waals surface area contributed by atoms with E-state index in [0.717, 1.165) is 6.61 Å². The van der Waals surface area contributed by atoms with E-state index in [1.807, 2.05) is 6.92 Å². The lowest BCUT2D eigenvalue weighted by atomic mass is 10.4. The van der Waals surface area contributed by atoms with Gasteiger partial charge in [0.1, 0.15) is 0 Å². The molecule has 0 aromatic carbocycles. The predicted molar refractivity (Wildman–Crippen MR) is 44.3 cm³/mol. The van der Waals surface area contributed by atoms with Gasteiger partial charge in [0.15, 0.2) is 0 Å². The van der Waals surface area contributed by atoms with Crippen molar-refractivity contribution >= 4 is 0 Å². The molecular weight excluding hydrogens is 126 g/mol. The molecule has 1 heterocycles. The molecule has 0 unspecified atom stereocenters. The molecule has 0 aromatic rings. The Bertz CT molecular complexity index is 58.3. The van der Waals surface area contributed by atoms with E-state index in [1.54, 1.807) is 7.11 Å². The first kappa shape index (κ1) is 9.92. The summed E-state index contributed by atoms with van der Waals surface area (Å²) in [6, 6.07) is 0. The summed E-state index contributed by atoms with van der Waals surface area (Å²) < 4.78 is 4.54. The summed E-state index contributed by atoms with van der Waals surface area (Å²) >= 11 is 0. The van der Waals surface area contributed by atoms with E-state index in [-0.39, 0.29) is 0 Å². The van der Waals surface area contributed by atoms with Crippen LogP contribution >= 0.6 is 0 Å². The zero-order chi connectivity index (χ0) is 7.82. The highest BCUT2D eigenvalue weighted by Crippen LogP contribution is 2.01. The van der Waals surface area contributed by atoms with Crippen LogP contribution in [0.4, 0.5) is 0 Å². The Morgan fingerprint density at radius 3 is 1.80 bits per heavy atom. The van der Waals surface area contributed by atoms with Gasteiger partial charge in [0.05, 0.1) is 0 Å². The summed E-state index contributed by atoms with van der Waals surface area (Å²) in [5.74, 6) is 0. The number of rotatable bonds is 1.